The summed E-state index contributed by atoms with van der Waals surface area (Å²) in [6.07, 6.45) is 5.15. The molecule has 3 nitrogen and oxygen atoms in total. The van der Waals surface area contributed by atoms with Crippen LogP contribution in [0, 0.1) is 0 Å². The Balaban J connectivity index is 2.74. The number of anilines is 1. The molecule has 0 amide bonds. The Labute approximate surface area is 109 Å². The van der Waals surface area contributed by atoms with Crippen molar-refractivity contribution >= 4 is 17.6 Å². The van der Waals surface area contributed by atoms with Crippen molar-refractivity contribution in [1.29, 1.82) is 0 Å². The lowest BCUT2D eigenvalue weighted by atomic mass is 10.1. The molecule has 2 unspecified atom stereocenters. The summed E-state index contributed by atoms with van der Waals surface area (Å²) in [4.78, 5) is 6.64. The topological polar surface area (TPSA) is 42.1 Å². The van der Waals surface area contributed by atoms with Gasteiger partial charge in [0.25, 0.3) is 0 Å². The van der Waals surface area contributed by atoms with Gasteiger partial charge < -0.3 is 10.6 Å². The molecule has 1 heterocycles. The average molecular weight is 253 g/mol. The van der Waals surface area contributed by atoms with Gasteiger partial charge in [0.1, 0.15) is 5.82 Å². The molecule has 96 valence electrons. The van der Waals surface area contributed by atoms with E-state index in [1.165, 1.54) is 12.2 Å². The first-order valence-corrected chi connectivity index (χ1v) is 7.39. The summed E-state index contributed by atoms with van der Waals surface area (Å²) in [5.74, 6) is 2.19. The SMILES string of the molecule is CSCCC(C)N(C)c1cc(C(C)N)ccn1. The number of hydrogen-bond donors (Lipinski definition) is 1. The molecule has 2 N–H and O–H groups in total. The molecule has 1 rings (SSSR count). The van der Waals surface area contributed by atoms with Crippen molar-refractivity contribution in [3.63, 3.8) is 0 Å². The van der Waals surface area contributed by atoms with E-state index in [1.807, 2.05) is 30.9 Å². The second-order valence-electron chi connectivity index (χ2n) is 4.48. The van der Waals surface area contributed by atoms with Gasteiger partial charge in [-0.25, -0.2) is 4.98 Å². The van der Waals surface area contributed by atoms with E-state index in [2.05, 4.69) is 36.2 Å². The van der Waals surface area contributed by atoms with Gasteiger partial charge in [0.2, 0.25) is 0 Å². The molecule has 17 heavy (non-hydrogen) atoms. The number of nitrogens with two attached hydrogens (primary N) is 1. The van der Waals surface area contributed by atoms with Gasteiger partial charge in [-0.2, -0.15) is 11.8 Å². The van der Waals surface area contributed by atoms with Gasteiger partial charge in [-0.1, -0.05) is 0 Å². The van der Waals surface area contributed by atoms with Crippen LogP contribution in [0.4, 0.5) is 5.82 Å². The van der Waals surface area contributed by atoms with Crippen LogP contribution in [0.15, 0.2) is 18.3 Å². The molecule has 2 atom stereocenters. The van der Waals surface area contributed by atoms with Crippen LogP contribution in [-0.4, -0.2) is 30.1 Å². The zero-order valence-electron chi connectivity index (χ0n) is 11.2. The van der Waals surface area contributed by atoms with Crippen molar-refractivity contribution in [1.82, 2.24) is 4.98 Å². The molecule has 0 bridgehead atoms. The van der Waals surface area contributed by atoms with Crippen molar-refractivity contribution in [3.8, 4) is 0 Å². The van der Waals surface area contributed by atoms with Crippen molar-refractivity contribution < 1.29 is 0 Å². The van der Waals surface area contributed by atoms with Gasteiger partial charge in [-0.15, -0.1) is 0 Å². The number of thioether (sulfide) groups is 1. The Morgan fingerprint density at radius 1 is 1.47 bits per heavy atom. The van der Waals surface area contributed by atoms with E-state index in [-0.39, 0.29) is 6.04 Å². The minimum Gasteiger partial charge on any atom is -0.357 e. The first-order chi connectivity index (χ1) is 8.06. The summed E-state index contributed by atoms with van der Waals surface area (Å²) >= 11 is 1.88. The predicted octanol–water partition coefficient (Wildman–Crippen LogP) is 2.68. The van der Waals surface area contributed by atoms with Gasteiger partial charge in [0.15, 0.2) is 0 Å². The highest BCUT2D eigenvalue weighted by atomic mass is 32.2. The van der Waals surface area contributed by atoms with Crippen LogP contribution in [-0.2, 0) is 0 Å². The van der Waals surface area contributed by atoms with Crippen LogP contribution in [0.3, 0.4) is 0 Å². The zero-order chi connectivity index (χ0) is 12.8. The number of nitrogens with zero attached hydrogens (tertiary/aromatic N) is 2. The summed E-state index contributed by atoms with van der Waals surface area (Å²) in [5.41, 5.74) is 7.03. The van der Waals surface area contributed by atoms with E-state index in [1.54, 1.807) is 0 Å². The van der Waals surface area contributed by atoms with E-state index in [0.717, 1.165) is 11.4 Å². The van der Waals surface area contributed by atoms with E-state index in [0.29, 0.717) is 6.04 Å². The minimum atomic E-state index is 0.0617. The maximum Gasteiger partial charge on any atom is 0.128 e. The van der Waals surface area contributed by atoms with Gasteiger partial charge in [0.05, 0.1) is 0 Å². The standard InChI is InChI=1S/C13H23N3S/c1-10(6-8-17-4)16(3)13-9-12(11(2)14)5-7-15-13/h5,7,9-11H,6,8,14H2,1-4H3. The lowest BCUT2D eigenvalue weighted by Crippen LogP contribution is -2.30. The van der Waals surface area contributed by atoms with Gasteiger partial charge >= 0.3 is 0 Å². The third-order valence-electron chi connectivity index (χ3n) is 3.06. The van der Waals surface area contributed by atoms with Gasteiger partial charge in [0, 0.05) is 25.3 Å². The van der Waals surface area contributed by atoms with Crippen LogP contribution in [0.5, 0.6) is 0 Å². The summed E-state index contributed by atoms with van der Waals surface area (Å²) in [7, 11) is 2.10. The second-order valence-corrected chi connectivity index (χ2v) is 5.46. The molecule has 0 aliphatic carbocycles. The summed E-state index contributed by atoms with van der Waals surface area (Å²) in [5, 5.41) is 0. The van der Waals surface area contributed by atoms with E-state index in [9.17, 15) is 0 Å². The lowest BCUT2D eigenvalue weighted by Gasteiger charge is -2.26. The maximum absolute atomic E-state index is 5.89. The number of pyridine rings is 1. The molecule has 4 heteroatoms. The predicted molar refractivity (Wildman–Crippen MR) is 77.7 cm³/mol. The van der Waals surface area contributed by atoms with Crippen molar-refractivity contribution in [2.75, 3.05) is 24.0 Å². The molecule has 1 aromatic rings. The first kappa shape index (κ1) is 14.3. The molecule has 0 aliphatic heterocycles. The first-order valence-electron chi connectivity index (χ1n) is 5.99. The normalized spacial score (nSPS) is 14.4. The van der Waals surface area contributed by atoms with Crippen molar-refractivity contribution in [2.24, 2.45) is 5.73 Å². The fourth-order valence-electron chi connectivity index (χ4n) is 1.62. The monoisotopic (exact) mass is 253 g/mol. The quantitative estimate of drug-likeness (QED) is 0.846. The van der Waals surface area contributed by atoms with Crippen LogP contribution in [0.1, 0.15) is 31.9 Å². The Kier molecular flexibility index (Phi) is 5.78. The molecule has 0 spiro atoms. The van der Waals surface area contributed by atoms with E-state index < -0.39 is 0 Å². The Morgan fingerprint density at radius 3 is 2.76 bits per heavy atom. The average Bonchev–Trinajstić information content (AvgIpc) is 2.35. The maximum atomic E-state index is 5.89. The second kappa shape index (κ2) is 6.87. The van der Waals surface area contributed by atoms with Crippen molar-refractivity contribution in [3.05, 3.63) is 23.9 Å². The number of aromatic nitrogens is 1. The summed E-state index contributed by atoms with van der Waals surface area (Å²) in [6, 6.07) is 4.62. The molecule has 0 fully saturated rings. The minimum absolute atomic E-state index is 0.0617. The summed E-state index contributed by atoms with van der Waals surface area (Å²) in [6.45, 7) is 4.23. The molecule has 1 aromatic heterocycles. The summed E-state index contributed by atoms with van der Waals surface area (Å²) < 4.78 is 0. The molecule has 0 aromatic carbocycles. The van der Waals surface area contributed by atoms with Crippen molar-refractivity contribution in [2.45, 2.75) is 32.4 Å². The highest BCUT2D eigenvalue weighted by Crippen LogP contribution is 2.18. The Bertz CT molecular complexity index is 341. The van der Waals surface area contributed by atoms with E-state index >= 15 is 0 Å². The van der Waals surface area contributed by atoms with Gasteiger partial charge in [-0.3, -0.25) is 0 Å². The van der Waals surface area contributed by atoms with Crippen LogP contribution < -0.4 is 10.6 Å². The molecular weight excluding hydrogens is 230 g/mol. The Hall–Kier alpha value is -0.740. The van der Waals surface area contributed by atoms with Gasteiger partial charge in [-0.05, 0) is 50.0 Å². The third-order valence-corrected chi connectivity index (χ3v) is 3.70. The van der Waals surface area contributed by atoms with Crippen LogP contribution in [0.2, 0.25) is 0 Å². The zero-order valence-corrected chi connectivity index (χ0v) is 12.0. The van der Waals surface area contributed by atoms with E-state index in [4.69, 9.17) is 5.73 Å². The smallest absolute Gasteiger partial charge is 0.128 e. The highest BCUT2D eigenvalue weighted by molar-refractivity contribution is 7.98. The molecule has 0 saturated carbocycles. The fourth-order valence-corrected chi connectivity index (χ4v) is 2.19. The Morgan fingerprint density at radius 2 is 2.18 bits per heavy atom. The highest BCUT2D eigenvalue weighted by Gasteiger charge is 2.11. The molecule has 0 radical (unpaired) electrons. The lowest BCUT2D eigenvalue weighted by molar-refractivity contribution is 0.661. The molecular formula is C13H23N3S. The number of rotatable bonds is 6. The largest absolute Gasteiger partial charge is 0.357 e. The number of hydrogen-bond acceptors (Lipinski definition) is 4. The van der Waals surface area contributed by atoms with Crippen LogP contribution in [0.25, 0.3) is 0 Å². The van der Waals surface area contributed by atoms with Crippen LogP contribution >= 0.6 is 11.8 Å². The molecule has 0 saturated heterocycles. The third kappa shape index (κ3) is 4.21. The molecule has 0 aliphatic rings. The fraction of sp³-hybridized carbons (Fsp3) is 0.615.